The van der Waals surface area contributed by atoms with Gasteiger partial charge in [-0.1, -0.05) is 60.7 Å². The zero-order valence-corrected chi connectivity index (χ0v) is 13.7. The van der Waals surface area contributed by atoms with Gasteiger partial charge in [0, 0.05) is 6.54 Å². The molecule has 0 fully saturated rings. The van der Waals surface area contributed by atoms with E-state index in [9.17, 15) is 9.59 Å². The molecule has 2 aliphatic heterocycles. The number of nitrogens with one attached hydrogen (secondary N) is 2. The van der Waals surface area contributed by atoms with Crippen molar-refractivity contribution in [2.45, 2.75) is 12.5 Å². The molecular formula is C20H19N3O2. The van der Waals surface area contributed by atoms with Gasteiger partial charge in [0.05, 0.1) is 23.9 Å². The molecule has 2 aliphatic rings. The quantitative estimate of drug-likeness (QED) is 0.902. The van der Waals surface area contributed by atoms with Crippen LogP contribution in [-0.2, 0) is 11.2 Å². The minimum atomic E-state index is -0.390. The summed E-state index contributed by atoms with van der Waals surface area (Å²) >= 11 is 0. The van der Waals surface area contributed by atoms with Crippen LogP contribution in [0.3, 0.4) is 0 Å². The first-order valence-corrected chi connectivity index (χ1v) is 8.41. The highest BCUT2D eigenvalue weighted by atomic mass is 16.2. The van der Waals surface area contributed by atoms with Gasteiger partial charge in [0.1, 0.15) is 0 Å². The van der Waals surface area contributed by atoms with Crippen LogP contribution in [0, 0.1) is 0 Å². The third-order valence-electron chi connectivity index (χ3n) is 4.67. The summed E-state index contributed by atoms with van der Waals surface area (Å²) in [4.78, 5) is 26.7. The first-order valence-electron chi connectivity index (χ1n) is 8.41. The number of carbonyl (C=O) groups excluding carboxylic acids is 2. The van der Waals surface area contributed by atoms with Gasteiger partial charge in [-0.2, -0.15) is 0 Å². The maximum absolute atomic E-state index is 12.9. The molecule has 5 heteroatoms. The van der Waals surface area contributed by atoms with Crippen LogP contribution in [-0.4, -0.2) is 29.9 Å². The van der Waals surface area contributed by atoms with Gasteiger partial charge in [-0.05, 0) is 17.5 Å². The number of carbonyl (C=O) groups is 2. The van der Waals surface area contributed by atoms with E-state index in [0.29, 0.717) is 18.7 Å². The molecule has 2 heterocycles. The van der Waals surface area contributed by atoms with Gasteiger partial charge in [-0.15, -0.1) is 0 Å². The Balaban J connectivity index is 1.54. The van der Waals surface area contributed by atoms with E-state index < -0.39 is 0 Å². The molecule has 0 unspecified atom stereocenters. The summed E-state index contributed by atoms with van der Waals surface area (Å²) in [6.07, 6.45) is 0.796. The molecule has 0 aliphatic carbocycles. The molecule has 4 rings (SSSR count). The van der Waals surface area contributed by atoms with E-state index in [0.717, 1.165) is 17.7 Å². The zero-order chi connectivity index (χ0) is 17.2. The second-order valence-electron chi connectivity index (χ2n) is 6.30. The molecular weight excluding hydrogens is 314 g/mol. The molecule has 0 saturated carbocycles. The third-order valence-corrected chi connectivity index (χ3v) is 4.67. The largest absolute Gasteiger partial charge is 0.333 e. The summed E-state index contributed by atoms with van der Waals surface area (Å²) in [5, 5.41) is 5.68. The Bertz CT molecular complexity index is 831. The maximum atomic E-state index is 12.9. The molecule has 5 nitrogen and oxygen atoms in total. The van der Waals surface area contributed by atoms with E-state index in [1.54, 1.807) is 4.90 Å². The van der Waals surface area contributed by atoms with Crippen molar-refractivity contribution in [1.29, 1.82) is 0 Å². The molecule has 25 heavy (non-hydrogen) atoms. The number of hydrogen-bond acceptors (Lipinski definition) is 2. The smallest absolute Gasteiger partial charge is 0.319 e. The second kappa shape index (κ2) is 6.43. The normalized spacial score (nSPS) is 19.5. The minimum Gasteiger partial charge on any atom is -0.333 e. The van der Waals surface area contributed by atoms with Gasteiger partial charge in [0.2, 0.25) is 0 Å². The lowest BCUT2D eigenvalue weighted by molar-refractivity contribution is -0.125. The topological polar surface area (TPSA) is 61.4 Å². The van der Waals surface area contributed by atoms with Gasteiger partial charge in [0.15, 0.2) is 0 Å². The number of hydrogen-bond donors (Lipinski definition) is 2. The van der Waals surface area contributed by atoms with Gasteiger partial charge in [-0.3, -0.25) is 4.79 Å². The lowest BCUT2D eigenvalue weighted by Gasteiger charge is -2.25. The molecule has 2 aromatic carbocycles. The fourth-order valence-electron chi connectivity index (χ4n) is 3.41. The zero-order valence-electron chi connectivity index (χ0n) is 13.7. The standard InChI is InChI=1S/C20H19N3O2/c24-19-17-16(13-23(19)12-11-14-7-3-1-4-8-14)21-20(25)22-18(17)15-9-5-2-6-10-15/h1-10,18H,11-13H2,(H2,21,22,25)/t18-/m0/s1. The Morgan fingerprint density at radius 3 is 2.36 bits per heavy atom. The van der Waals surface area contributed by atoms with Crippen molar-refractivity contribution in [3.05, 3.63) is 83.1 Å². The fourth-order valence-corrected chi connectivity index (χ4v) is 3.41. The summed E-state index contributed by atoms with van der Waals surface area (Å²) in [6, 6.07) is 19.1. The van der Waals surface area contributed by atoms with Crippen molar-refractivity contribution in [3.8, 4) is 0 Å². The van der Waals surface area contributed by atoms with E-state index in [1.165, 1.54) is 5.56 Å². The SMILES string of the molecule is O=C1NC2=C(C(=O)N(CCc3ccccc3)C2)[C@H](c2ccccc2)N1. The predicted molar refractivity (Wildman–Crippen MR) is 94.6 cm³/mol. The Morgan fingerprint density at radius 1 is 0.960 bits per heavy atom. The van der Waals surface area contributed by atoms with Gasteiger partial charge >= 0.3 is 6.03 Å². The lowest BCUT2D eigenvalue weighted by atomic mass is 9.96. The molecule has 0 spiro atoms. The molecule has 1 atom stereocenters. The number of rotatable bonds is 4. The molecule has 0 saturated heterocycles. The average molecular weight is 333 g/mol. The highest BCUT2D eigenvalue weighted by Crippen LogP contribution is 2.32. The number of amides is 3. The minimum absolute atomic E-state index is 0.00714. The van der Waals surface area contributed by atoms with Crippen molar-refractivity contribution in [1.82, 2.24) is 15.5 Å². The number of urea groups is 1. The lowest BCUT2D eigenvalue weighted by Crippen LogP contribution is -2.44. The Morgan fingerprint density at radius 2 is 1.64 bits per heavy atom. The molecule has 2 N–H and O–H groups in total. The monoisotopic (exact) mass is 333 g/mol. The maximum Gasteiger partial charge on any atom is 0.319 e. The van der Waals surface area contributed by atoms with Crippen LogP contribution in [0.1, 0.15) is 17.2 Å². The second-order valence-corrected chi connectivity index (χ2v) is 6.30. The van der Waals surface area contributed by atoms with Crippen molar-refractivity contribution < 1.29 is 9.59 Å². The van der Waals surface area contributed by atoms with Crippen molar-refractivity contribution in [3.63, 3.8) is 0 Å². The van der Waals surface area contributed by atoms with Crippen LogP contribution in [0.4, 0.5) is 4.79 Å². The first-order chi connectivity index (χ1) is 12.2. The van der Waals surface area contributed by atoms with Crippen molar-refractivity contribution >= 4 is 11.9 Å². The fraction of sp³-hybridized carbons (Fsp3) is 0.200. The molecule has 3 amide bonds. The van der Waals surface area contributed by atoms with E-state index >= 15 is 0 Å². The highest BCUT2D eigenvalue weighted by molar-refractivity contribution is 6.01. The van der Waals surface area contributed by atoms with Crippen LogP contribution in [0.25, 0.3) is 0 Å². The van der Waals surface area contributed by atoms with E-state index in [-0.39, 0.29) is 18.0 Å². The number of benzene rings is 2. The van der Waals surface area contributed by atoms with Crippen LogP contribution >= 0.6 is 0 Å². The van der Waals surface area contributed by atoms with E-state index in [2.05, 4.69) is 22.8 Å². The summed E-state index contributed by atoms with van der Waals surface area (Å²) in [5.74, 6) is -0.00714. The molecule has 0 bridgehead atoms. The molecule has 0 radical (unpaired) electrons. The predicted octanol–water partition coefficient (Wildman–Crippen LogP) is 2.38. The van der Waals surface area contributed by atoms with Crippen LogP contribution in [0.2, 0.25) is 0 Å². The van der Waals surface area contributed by atoms with E-state index in [4.69, 9.17) is 0 Å². The summed E-state index contributed by atoms with van der Waals surface area (Å²) in [5.41, 5.74) is 3.49. The molecule has 126 valence electrons. The summed E-state index contributed by atoms with van der Waals surface area (Å²) in [6.45, 7) is 1.09. The van der Waals surface area contributed by atoms with Crippen molar-refractivity contribution in [2.75, 3.05) is 13.1 Å². The summed E-state index contributed by atoms with van der Waals surface area (Å²) < 4.78 is 0. The van der Waals surface area contributed by atoms with Crippen LogP contribution < -0.4 is 10.6 Å². The highest BCUT2D eigenvalue weighted by Gasteiger charge is 2.39. The Labute approximate surface area is 146 Å². The number of nitrogens with zero attached hydrogens (tertiary/aromatic N) is 1. The van der Waals surface area contributed by atoms with Gasteiger partial charge in [-0.25, -0.2) is 4.79 Å². The Kier molecular flexibility index (Phi) is 3.98. The summed E-state index contributed by atoms with van der Waals surface area (Å²) in [7, 11) is 0. The van der Waals surface area contributed by atoms with Crippen LogP contribution in [0.5, 0.6) is 0 Å². The van der Waals surface area contributed by atoms with E-state index in [1.807, 2.05) is 48.5 Å². The van der Waals surface area contributed by atoms with Gasteiger partial charge < -0.3 is 15.5 Å². The van der Waals surface area contributed by atoms with Crippen LogP contribution in [0.15, 0.2) is 71.9 Å². The first kappa shape index (κ1) is 15.4. The van der Waals surface area contributed by atoms with Gasteiger partial charge in [0.25, 0.3) is 5.91 Å². The third kappa shape index (κ3) is 3.01. The molecule has 0 aromatic heterocycles. The Hall–Kier alpha value is -3.08. The molecule has 2 aromatic rings. The van der Waals surface area contributed by atoms with Crippen molar-refractivity contribution in [2.24, 2.45) is 0 Å². The average Bonchev–Trinajstić information content (AvgIpc) is 2.96.